The molecule has 6 rings (SSSR count). The summed E-state index contributed by atoms with van der Waals surface area (Å²) in [6.45, 7) is 1.32. The quantitative estimate of drug-likeness (QED) is 0.239. The number of anilines is 1. The van der Waals surface area contributed by atoms with Gasteiger partial charge in [0.2, 0.25) is 11.5 Å². The summed E-state index contributed by atoms with van der Waals surface area (Å²) in [7, 11) is 0. The van der Waals surface area contributed by atoms with Gasteiger partial charge in [-0.2, -0.15) is 0 Å². The van der Waals surface area contributed by atoms with E-state index in [1.807, 2.05) is 0 Å². The highest BCUT2D eigenvalue weighted by Gasteiger charge is 2.53. The van der Waals surface area contributed by atoms with Crippen molar-refractivity contribution >= 4 is 40.2 Å². The maximum atomic E-state index is 16.0. The summed E-state index contributed by atoms with van der Waals surface area (Å²) in [5.41, 5.74) is -1.63. The van der Waals surface area contributed by atoms with E-state index < -0.39 is 40.6 Å². The first-order chi connectivity index (χ1) is 20.0. The number of halogens is 4. The number of ether oxygens (including phenoxy) is 1. The molecule has 1 heterocycles. The highest BCUT2D eigenvalue weighted by Crippen LogP contribution is 2.47. The van der Waals surface area contributed by atoms with E-state index in [0.29, 0.717) is 54.9 Å². The first-order valence-corrected chi connectivity index (χ1v) is 14.1. The monoisotopic (exact) mass is 597 g/mol. The number of carbonyl (C=O) groups is 2. The molecule has 0 radical (unpaired) electrons. The van der Waals surface area contributed by atoms with Gasteiger partial charge in [-0.05, 0) is 62.1 Å². The lowest BCUT2D eigenvalue weighted by atomic mass is 9.85. The molecule has 0 saturated heterocycles. The van der Waals surface area contributed by atoms with Gasteiger partial charge >= 0.3 is 5.97 Å². The Labute approximate surface area is 244 Å². The highest BCUT2D eigenvalue weighted by atomic mass is 35.5. The van der Waals surface area contributed by atoms with Crippen molar-refractivity contribution in [3.63, 3.8) is 0 Å². The first-order valence-electron chi connectivity index (χ1n) is 13.7. The van der Waals surface area contributed by atoms with E-state index in [2.05, 4.69) is 4.98 Å². The Hall–Kier alpha value is -4.05. The summed E-state index contributed by atoms with van der Waals surface area (Å²) in [5, 5.41) is 9.96. The Morgan fingerprint density at radius 1 is 0.929 bits per heavy atom. The topological polar surface area (TPSA) is 84.7 Å². The van der Waals surface area contributed by atoms with E-state index in [1.165, 1.54) is 24.0 Å². The molecule has 4 aromatic rings. The number of nitrogens with zero attached hydrogens (tertiary/aromatic N) is 3. The molecule has 7 nitrogen and oxygen atoms in total. The van der Waals surface area contributed by atoms with Crippen LogP contribution in [0.15, 0.2) is 54.6 Å². The maximum absolute atomic E-state index is 16.0. The van der Waals surface area contributed by atoms with E-state index in [0.717, 1.165) is 24.6 Å². The number of fused-ring (bicyclic) bond motifs is 1. The Morgan fingerprint density at radius 2 is 1.60 bits per heavy atom. The molecule has 2 fully saturated rings. The highest BCUT2D eigenvalue weighted by molar-refractivity contribution is 6.30. The molecule has 0 bridgehead atoms. The number of rotatable bonds is 7. The van der Waals surface area contributed by atoms with Crippen molar-refractivity contribution < 1.29 is 32.6 Å². The van der Waals surface area contributed by atoms with Gasteiger partial charge in [0.1, 0.15) is 17.2 Å². The fourth-order valence-corrected chi connectivity index (χ4v) is 6.20. The zero-order valence-corrected chi connectivity index (χ0v) is 23.4. The largest absolute Gasteiger partial charge is 0.478 e. The number of carboxylic acid groups (broad SMARTS) is 1. The molecule has 2 aliphatic rings. The second kappa shape index (κ2) is 10.3. The summed E-state index contributed by atoms with van der Waals surface area (Å²) in [5.74, 6) is -4.14. The van der Waals surface area contributed by atoms with Crippen LogP contribution in [0.25, 0.3) is 22.4 Å². The number of carboxylic acids is 1. The normalized spacial score (nSPS) is 17.2. The second-order valence-electron chi connectivity index (χ2n) is 10.9. The number of hydrogen-bond acceptors (Lipinski definition) is 4. The van der Waals surface area contributed by atoms with Gasteiger partial charge in [-0.25, -0.2) is 22.9 Å². The van der Waals surface area contributed by atoms with Crippen LogP contribution in [-0.4, -0.2) is 32.1 Å². The lowest BCUT2D eigenvalue weighted by Gasteiger charge is -2.48. The van der Waals surface area contributed by atoms with E-state index in [-0.39, 0.29) is 22.5 Å². The molecule has 2 aliphatic carbocycles. The average Bonchev–Trinajstić information content (AvgIpc) is 3.65. The Balaban J connectivity index is 1.56. The molecular formula is C31H27ClF3N3O4. The Kier molecular flexibility index (Phi) is 6.92. The second-order valence-corrected chi connectivity index (χ2v) is 11.4. The molecule has 42 heavy (non-hydrogen) atoms. The molecule has 1 N–H and O–H groups in total. The van der Waals surface area contributed by atoms with E-state index >= 15 is 4.39 Å². The molecule has 0 unspecified atom stereocenters. The van der Waals surface area contributed by atoms with Crippen LogP contribution in [-0.2, 0) is 15.3 Å². The Bertz CT molecular complexity index is 1710. The number of imidazole rings is 1. The SMILES string of the molecule is CC(=O)N(c1ccc(OC2(C(=O)O)CC2)cc1F)C1(n2c(-c3ccc(Cl)cc3)nc3cc(F)c(F)cc32)CCCCC1. The van der Waals surface area contributed by atoms with Crippen molar-refractivity contribution in [2.45, 2.75) is 63.1 Å². The van der Waals surface area contributed by atoms with Crippen LogP contribution in [0.2, 0.25) is 5.02 Å². The van der Waals surface area contributed by atoms with Gasteiger partial charge in [-0.1, -0.05) is 18.0 Å². The lowest BCUT2D eigenvalue weighted by molar-refractivity contribution is -0.147. The summed E-state index contributed by atoms with van der Waals surface area (Å²) >= 11 is 6.13. The number of hydrogen-bond donors (Lipinski definition) is 1. The van der Waals surface area contributed by atoms with Crippen molar-refractivity contribution in [3.8, 4) is 17.1 Å². The van der Waals surface area contributed by atoms with Crippen LogP contribution in [0, 0.1) is 17.5 Å². The van der Waals surface area contributed by atoms with Crippen LogP contribution < -0.4 is 9.64 Å². The average molecular weight is 598 g/mol. The van der Waals surface area contributed by atoms with Gasteiger partial charge in [0, 0.05) is 48.6 Å². The maximum Gasteiger partial charge on any atom is 0.348 e. The number of aromatic nitrogens is 2. The minimum Gasteiger partial charge on any atom is -0.478 e. The molecule has 1 aromatic heterocycles. The van der Waals surface area contributed by atoms with Crippen molar-refractivity contribution in [2.24, 2.45) is 0 Å². The van der Waals surface area contributed by atoms with Crippen LogP contribution in [0.3, 0.4) is 0 Å². The lowest BCUT2D eigenvalue weighted by Crippen LogP contribution is -2.55. The summed E-state index contributed by atoms with van der Waals surface area (Å²) in [6.07, 6.45) is 3.62. The van der Waals surface area contributed by atoms with Gasteiger partial charge in [0.25, 0.3) is 0 Å². The number of carbonyl (C=O) groups excluding carboxylic acids is 1. The predicted octanol–water partition coefficient (Wildman–Crippen LogP) is 7.44. The molecule has 0 spiro atoms. The van der Waals surface area contributed by atoms with Gasteiger partial charge in [0.05, 0.1) is 16.7 Å². The van der Waals surface area contributed by atoms with Gasteiger partial charge in [-0.3, -0.25) is 14.3 Å². The third-order valence-corrected chi connectivity index (χ3v) is 8.42. The standard InChI is InChI=1S/C31H27ClF3N3O4/c1-18(39)37(26-10-9-21(15-24(26)35)42-30(13-14-30)29(40)41)31(11-3-2-4-12-31)38-27-17-23(34)22(33)16-25(27)36-28(38)19-5-7-20(32)8-6-19/h5-10,15-17H,2-4,11-14H2,1H3,(H,40,41). The van der Waals surface area contributed by atoms with Gasteiger partial charge < -0.3 is 9.84 Å². The minimum atomic E-state index is -1.37. The molecule has 1 amide bonds. The molecule has 218 valence electrons. The van der Waals surface area contributed by atoms with Crippen molar-refractivity contribution in [3.05, 3.63) is 77.1 Å². The molecule has 0 aliphatic heterocycles. The molecule has 0 atom stereocenters. The predicted molar refractivity (Wildman–Crippen MR) is 151 cm³/mol. The fraction of sp³-hybridized carbons (Fsp3) is 0.323. The third-order valence-electron chi connectivity index (χ3n) is 8.17. The van der Waals surface area contributed by atoms with E-state index in [4.69, 9.17) is 16.3 Å². The number of amides is 1. The Morgan fingerprint density at radius 3 is 2.19 bits per heavy atom. The molecule has 3 aromatic carbocycles. The zero-order valence-electron chi connectivity index (χ0n) is 22.7. The van der Waals surface area contributed by atoms with Crippen molar-refractivity contribution in [1.82, 2.24) is 9.55 Å². The van der Waals surface area contributed by atoms with Gasteiger partial charge in [0.15, 0.2) is 17.5 Å². The molecular weight excluding hydrogens is 571 g/mol. The zero-order chi connectivity index (χ0) is 29.8. The number of benzene rings is 3. The van der Waals surface area contributed by atoms with Crippen LogP contribution in [0.1, 0.15) is 51.9 Å². The molecule has 11 heteroatoms. The van der Waals surface area contributed by atoms with E-state index in [1.54, 1.807) is 28.8 Å². The smallest absolute Gasteiger partial charge is 0.348 e. The minimum absolute atomic E-state index is 0.0322. The van der Waals surface area contributed by atoms with Crippen LogP contribution in [0.5, 0.6) is 5.75 Å². The number of aliphatic carboxylic acids is 1. The van der Waals surface area contributed by atoms with Crippen LogP contribution >= 0.6 is 11.6 Å². The van der Waals surface area contributed by atoms with Crippen molar-refractivity contribution in [1.29, 1.82) is 0 Å². The van der Waals surface area contributed by atoms with E-state index in [9.17, 15) is 23.5 Å². The summed E-state index contributed by atoms with van der Waals surface area (Å²) in [4.78, 5) is 31.2. The van der Waals surface area contributed by atoms with Gasteiger partial charge in [-0.15, -0.1) is 0 Å². The molecule has 2 saturated carbocycles. The van der Waals surface area contributed by atoms with Crippen molar-refractivity contribution in [2.75, 3.05) is 4.90 Å². The first kappa shape index (κ1) is 28.1. The third kappa shape index (κ3) is 4.67. The summed E-state index contributed by atoms with van der Waals surface area (Å²) < 4.78 is 52.4. The summed E-state index contributed by atoms with van der Waals surface area (Å²) in [6, 6.07) is 12.8. The fourth-order valence-electron chi connectivity index (χ4n) is 6.07. The van der Waals surface area contributed by atoms with Crippen LogP contribution in [0.4, 0.5) is 18.9 Å².